The third kappa shape index (κ3) is 4.52. The van der Waals surface area contributed by atoms with Crippen molar-refractivity contribution in [2.75, 3.05) is 36.9 Å². The molecule has 21 heavy (non-hydrogen) atoms. The minimum absolute atomic E-state index is 0.0996. The molecular formula is C13H17F3N2O3. The Labute approximate surface area is 120 Å². The van der Waals surface area contributed by atoms with Gasteiger partial charge in [0.2, 0.25) is 0 Å². The van der Waals surface area contributed by atoms with Crippen LogP contribution >= 0.6 is 0 Å². The zero-order chi connectivity index (χ0) is 16.0. The molecule has 0 radical (unpaired) electrons. The van der Waals surface area contributed by atoms with E-state index in [4.69, 9.17) is 15.6 Å². The van der Waals surface area contributed by atoms with Gasteiger partial charge in [-0.15, -0.1) is 0 Å². The van der Waals surface area contributed by atoms with Crippen molar-refractivity contribution in [3.63, 3.8) is 0 Å². The number of nitrogen functional groups attached to an aromatic ring is 1. The van der Waals surface area contributed by atoms with Crippen molar-refractivity contribution in [1.29, 1.82) is 0 Å². The number of hydrogen-bond donors (Lipinski definition) is 2. The zero-order valence-corrected chi connectivity index (χ0v) is 11.5. The third-order valence-electron chi connectivity index (χ3n) is 2.68. The number of anilines is 2. The van der Waals surface area contributed by atoms with Gasteiger partial charge >= 0.3 is 5.97 Å². The highest BCUT2D eigenvalue weighted by Gasteiger charge is 2.20. The van der Waals surface area contributed by atoms with Gasteiger partial charge in [-0.2, -0.15) is 0 Å². The summed E-state index contributed by atoms with van der Waals surface area (Å²) in [5, 5.41) is 8.89. The number of alkyl halides is 2. The van der Waals surface area contributed by atoms with E-state index in [9.17, 15) is 18.0 Å². The van der Waals surface area contributed by atoms with Crippen LogP contribution in [-0.2, 0) is 4.74 Å². The van der Waals surface area contributed by atoms with Crippen LogP contribution in [0.25, 0.3) is 0 Å². The van der Waals surface area contributed by atoms with Gasteiger partial charge in [0.1, 0.15) is 5.82 Å². The molecular weight excluding hydrogens is 289 g/mol. The average Bonchev–Trinajstić information content (AvgIpc) is 2.38. The van der Waals surface area contributed by atoms with Crippen molar-refractivity contribution in [3.8, 4) is 0 Å². The minimum atomic E-state index is -2.72. The Balaban J connectivity index is 3.20. The smallest absolute Gasteiger partial charge is 0.340 e. The fourth-order valence-electron chi connectivity index (χ4n) is 1.80. The second kappa shape index (κ2) is 7.72. The van der Waals surface area contributed by atoms with Crippen LogP contribution in [0.3, 0.4) is 0 Å². The molecule has 0 saturated carbocycles. The molecule has 0 fully saturated rings. The van der Waals surface area contributed by atoms with Crippen molar-refractivity contribution in [1.82, 2.24) is 0 Å². The van der Waals surface area contributed by atoms with Gasteiger partial charge in [-0.25, -0.2) is 18.0 Å². The third-order valence-corrected chi connectivity index (χ3v) is 2.68. The standard InChI is InChI=1S/C13H17F3N2O3/c1-2-21-13(20)8-5-11(9(14)6-10(8)17)18(3-4-19)7-12(15)16/h5-6,12,19H,2-4,7,17H2,1H3. The number of carbonyl (C=O) groups excluding carboxylic acids is 1. The lowest BCUT2D eigenvalue weighted by Gasteiger charge is -2.24. The largest absolute Gasteiger partial charge is 0.462 e. The Bertz CT molecular complexity index is 498. The van der Waals surface area contributed by atoms with E-state index in [0.29, 0.717) is 0 Å². The van der Waals surface area contributed by atoms with Crippen LogP contribution in [-0.4, -0.2) is 43.8 Å². The summed E-state index contributed by atoms with van der Waals surface area (Å²) >= 11 is 0. The molecule has 1 rings (SSSR count). The Morgan fingerprint density at radius 1 is 1.48 bits per heavy atom. The van der Waals surface area contributed by atoms with E-state index in [1.807, 2.05) is 0 Å². The molecule has 0 amide bonds. The fraction of sp³-hybridized carbons (Fsp3) is 0.462. The van der Waals surface area contributed by atoms with E-state index in [1.54, 1.807) is 6.92 Å². The quantitative estimate of drug-likeness (QED) is 0.592. The van der Waals surface area contributed by atoms with Crippen molar-refractivity contribution < 1.29 is 27.8 Å². The maximum absolute atomic E-state index is 13.9. The first kappa shape index (κ1) is 17.1. The van der Waals surface area contributed by atoms with Crippen LogP contribution in [0.15, 0.2) is 12.1 Å². The van der Waals surface area contributed by atoms with Gasteiger partial charge in [-0.3, -0.25) is 0 Å². The first-order valence-corrected chi connectivity index (χ1v) is 6.30. The van der Waals surface area contributed by atoms with Crippen molar-refractivity contribution in [2.24, 2.45) is 0 Å². The molecule has 8 heteroatoms. The number of ether oxygens (including phenoxy) is 1. The van der Waals surface area contributed by atoms with E-state index < -0.39 is 31.4 Å². The molecule has 118 valence electrons. The van der Waals surface area contributed by atoms with Crippen LogP contribution in [0.2, 0.25) is 0 Å². The van der Waals surface area contributed by atoms with Crippen LogP contribution in [0.4, 0.5) is 24.5 Å². The number of nitrogens with two attached hydrogens (primary N) is 1. The Kier molecular flexibility index (Phi) is 6.29. The predicted molar refractivity (Wildman–Crippen MR) is 72.1 cm³/mol. The van der Waals surface area contributed by atoms with Crippen LogP contribution in [0, 0.1) is 5.82 Å². The molecule has 0 aliphatic carbocycles. The lowest BCUT2D eigenvalue weighted by Crippen LogP contribution is -2.32. The summed E-state index contributed by atoms with van der Waals surface area (Å²) in [5.74, 6) is -1.62. The molecule has 0 aromatic heterocycles. The molecule has 5 nitrogen and oxygen atoms in total. The number of carbonyl (C=O) groups is 1. The summed E-state index contributed by atoms with van der Waals surface area (Å²) in [4.78, 5) is 12.6. The summed E-state index contributed by atoms with van der Waals surface area (Å²) < 4.78 is 43.7. The van der Waals surface area contributed by atoms with Crippen molar-refractivity contribution >= 4 is 17.3 Å². The number of esters is 1. The highest BCUT2D eigenvalue weighted by atomic mass is 19.3. The van der Waals surface area contributed by atoms with Crippen LogP contribution < -0.4 is 10.6 Å². The lowest BCUT2D eigenvalue weighted by atomic mass is 10.1. The summed E-state index contributed by atoms with van der Waals surface area (Å²) in [5.41, 5.74) is 5.06. The molecule has 0 saturated heterocycles. The highest BCUT2D eigenvalue weighted by Crippen LogP contribution is 2.26. The zero-order valence-electron chi connectivity index (χ0n) is 11.5. The molecule has 3 N–H and O–H groups in total. The van der Waals surface area contributed by atoms with Gasteiger partial charge in [-0.1, -0.05) is 0 Å². The van der Waals surface area contributed by atoms with E-state index in [1.165, 1.54) is 0 Å². The highest BCUT2D eigenvalue weighted by molar-refractivity contribution is 5.96. The summed E-state index contributed by atoms with van der Waals surface area (Å²) in [6.45, 7) is 0.276. The van der Waals surface area contributed by atoms with E-state index in [0.717, 1.165) is 17.0 Å². The summed E-state index contributed by atoms with van der Waals surface area (Å²) in [6.07, 6.45) is -2.72. The molecule has 0 heterocycles. The number of rotatable bonds is 7. The molecule has 1 aromatic carbocycles. The molecule has 1 aromatic rings. The molecule has 0 spiro atoms. The normalized spacial score (nSPS) is 10.8. The van der Waals surface area contributed by atoms with Gasteiger partial charge in [0.25, 0.3) is 6.43 Å². The van der Waals surface area contributed by atoms with Crippen molar-refractivity contribution in [2.45, 2.75) is 13.3 Å². The average molecular weight is 306 g/mol. The van der Waals surface area contributed by atoms with E-state index in [2.05, 4.69) is 0 Å². The molecule has 0 aliphatic heterocycles. The number of halogens is 3. The van der Waals surface area contributed by atoms with Crippen LogP contribution in [0.5, 0.6) is 0 Å². The van der Waals surface area contributed by atoms with Gasteiger partial charge in [0.15, 0.2) is 0 Å². The first-order valence-electron chi connectivity index (χ1n) is 6.30. The van der Waals surface area contributed by atoms with Gasteiger partial charge < -0.3 is 20.5 Å². The predicted octanol–water partition coefficient (Wildman–Crippen LogP) is 1.65. The van der Waals surface area contributed by atoms with Gasteiger partial charge in [0, 0.05) is 12.2 Å². The van der Waals surface area contributed by atoms with Crippen molar-refractivity contribution in [3.05, 3.63) is 23.5 Å². The second-order valence-corrected chi connectivity index (χ2v) is 4.17. The maximum atomic E-state index is 13.9. The second-order valence-electron chi connectivity index (χ2n) is 4.17. The molecule has 0 atom stereocenters. The Hall–Kier alpha value is -1.96. The maximum Gasteiger partial charge on any atom is 0.340 e. The minimum Gasteiger partial charge on any atom is -0.462 e. The number of benzene rings is 1. The number of hydrogen-bond acceptors (Lipinski definition) is 5. The Morgan fingerprint density at radius 2 is 2.14 bits per heavy atom. The van der Waals surface area contributed by atoms with E-state index in [-0.39, 0.29) is 30.1 Å². The number of aliphatic hydroxyl groups excluding tert-OH is 1. The molecule has 0 aliphatic rings. The topological polar surface area (TPSA) is 75.8 Å². The lowest BCUT2D eigenvalue weighted by molar-refractivity contribution is 0.0527. The number of aliphatic hydroxyl groups is 1. The monoisotopic (exact) mass is 306 g/mol. The summed E-state index contributed by atoms with van der Waals surface area (Å²) in [7, 11) is 0. The Morgan fingerprint density at radius 3 is 2.67 bits per heavy atom. The summed E-state index contributed by atoms with van der Waals surface area (Å²) in [6, 6.07) is 1.93. The van der Waals surface area contributed by atoms with Gasteiger partial charge in [-0.05, 0) is 19.1 Å². The SMILES string of the molecule is CCOC(=O)c1cc(N(CCO)CC(F)F)c(F)cc1N. The number of nitrogens with zero attached hydrogens (tertiary/aromatic N) is 1. The van der Waals surface area contributed by atoms with Gasteiger partial charge in [0.05, 0.1) is 31.0 Å². The van der Waals surface area contributed by atoms with Crippen LogP contribution in [0.1, 0.15) is 17.3 Å². The molecule has 0 unspecified atom stereocenters. The fourth-order valence-corrected chi connectivity index (χ4v) is 1.80. The van der Waals surface area contributed by atoms with E-state index >= 15 is 0 Å². The molecule has 0 bridgehead atoms. The first-order chi connectivity index (χ1) is 9.90.